The molecule has 0 aromatic carbocycles. The summed E-state index contributed by atoms with van der Waals surface area (Å²) in [5.41, 5.74) is 0. The molecule has 0 aliphatic heterocycles. The number of aliphatic hydroxyl groups excluding tert-OH is 1. The van der Waals surface area contributed by atoms with Gasteiger partial charge in [-0.2, -0.15) is 0 Å². The molecule has 0 spiro atoms. The van der Waals surface area contributed by atoms with E-state index in [1.807, 2.05) is 0 Å². The lowest BCUT2D eigenvalue weighted by atomic mass is 10.5. The quantitative estimate of drug-likeness (QED) is 0.570. The Hall–Kier alpha value is 0.500. The molecule has 0 aliphatic carbocycles. The van der Waals surface area contributed by atoms with Gasteiger partial charge in [0, 0.05) is 11.8 Å². The van der Waals surface area contributed by atoms with Crippen LogP contribution in [0, 0.1) is 0 Å². The summed E-state index contributed by atoms with van der Waals surface area (Å²) < 4.78 is 0. The van der Waals surface area contributed by atoms with Crippen molar-refractivity contribution in [3.05, 3.63) is 0 Å². The minimum absolute atomic E-state index is 0. The van der Waals surface area contributed by atoms with E-state index in [-0.39, 0.29) is 17.9 Å². The van der Waals surface area contributed by atoms with Gasteiger partial charge >= 0.3 is 0 Å². The number of rotatable bonds is 2. The maximum atomic E-state index is 8.40. The molecule has 0 radical (unpaired) electrons. The molecule has 0 bridgehead atoms. The third kappa shape index (κ3) is 6.50. The van der Waals surface area contributed by atoms with E-state index in [1.165, 1.54) is 0 Å². The molecule has 0 aromatic rings. The van der Waals surface area contributed by atoms with Gasteiger partial charge in [-0.25, -0.2) is 0 Å². The maximum Gasteiger partial charge on any atom is 0.0810 e. The summed E-state index contributed by atoms with van der Waals surface area (Å²) >= 11 is 10.2. The smallest absolute Gasteiger partial charge is 0.0810 e. The molecule has 0 fully saturated rings. The van der Waals surface area contributed by atoms with Crippen LogP contribution >= 0.6 is 23.2 Å². The highest BCUT2D eigenvalue weighted by molar-refractivity contribution is 6.21. The molecule has 0 heterocycles. The first-order valence-corrected chi connectivity index (χ1v) is 2.68. The van der Waals surface area contributed by atoms with Gasteiger partial charge in [-0.05, 0) is 0 Å². The normalized spacial score (nSPS) is 8.57. The highest BCUT2D eigenvalue weighted by Crippen LogP contribution is 1.88. The summed E-state index contributed by atoms with van der Waals surface area (Å²) in [6, 6.07) is 0. The van der Waals surface area contributed by atoms with Crippen LogP contribution in [0.5, 0.6) is 0 Å². The van der Waals surface area contributed by atoms with Gasteiger partial charge in [-0.3, -0.25) is 0 Å². The van der Waals surface area contributed by atoms with Gasteiger partial charge in [0.05, 0.1) is 6.10 Å². The van der Waals surface area contributed by atoms with Crippen molar-refractivity contribution in [2.45, 2.75) is 6.10 Å². The number of hydrogen-bond acceptors (Lipinski definition) is 2. The number of halogens is 2. The molecule has 0 saturated heterocycles. The minimum Gasteiger partial charge on any atom is -0.391 e. The van der Waals surface area contributed by atoms with Crippen LogP contribution in [-0.2, 0) is 0 Å². The Balaban J connectivity index is 0. The van der Waals surface area contributed by atoms with Crippen LogP contribution < -0.4 is 6.15 Å². The summed E-state index contributed by atoms with van der Waals surface area (Å²) in [6.45, 7) is 0. The lowest BCUT2D eigenvalue weighted by Crippen LogP contribution is -2.08. The van der Waals surface area contributed by atoms with E-state index in [1.54, 1.807) is 0 Å². The zero-order valence-corrected chi connectivity index (χ0v) is 5.41. The monoisotopic (exact) mass is 145 g/mol. The number of aliphatic hydroxyl groups is 1. The van der Waals surface area contributed by atoms with Crippen molar-refractivity contribution >= 4 is 23.2 Å². The largest absolute Gasteiger partial charge is 0.391 e. The van der Waals surface area contributed by atoms with Gasteiger partial charge < -0.3 is 11.3 Å². The van der Waals surface area contributed by atoms with E-state index < -0.39 is 6.10 Å². The Bertz CT molecular complexity index is 32.1. The molecule has 2 nitrogen and oxygen atoms in total. The summed E-state index contributed by atoms with van der Waals surface area (Å²) in [6.07, 6.45) is -0.534. The third-order valence-corrected chi connectivity index (χ3v) is 1.07. The molecule has 0 atom stereocenters. The van der Waals surface area contributed by atoms with E-state index in [0.29, 0.717) is 0 Å². The van der Waals surface area contributed by atoms with Crippen LogP contribution in [0.2, 0.25) is 0 Å². The fourth-order valence-electron chi connectivity index (χ4n) is 0.0412. The molecule has 4 heteroatoms. The van der Waals surface area contributed by atoms with Crippen LogP contribution in [0.3, 0.4) is 0 Å². The van der Waals surface area contributed by atoms with Crippen molar-refractivity contribution in [2.24, 2.45) is 0 Å². The highest BCUT2D eigenvalue weighted by Gasteiger charge is 1.94. The van der Waals surface area contributed by atoms with Crippen molar-refractivity contribution in [3.8, 4) is 0 Å². The molecule has 7 heavy (non-hydrogen) atoms. The standard InChI is InChI=1S/C3H6Cl2O.H3N/c4-1-3(6)2-5;/h3,6H,1-2H2;1H3. The van der Waals surface area contributed by atoms with E-state index >= 15 is 0 Å². The maximum absolute atomic E-state index is 8.40. The predicted molar refractivity (Wildman–Crippen MR) is 32.5 cm³/mol. The zero-order valence-electron chi connectivity index (χ0n) is 3.90. The van der Waals surface area contributed by atoms with Crippen molar-refractivity contribution in [1.82, 2.24) is 6.15 Å². The van der Waals surface area contributed by atoms with Gasteiger partial charge in [0.1, 0.15) is 0 Å². The lowest BCUT2D eigenvalue weighted by molar-refractivity contribution is 0.222. The zero-order chi connectivity index (χ0) is 4.99. The van der Waals surface area contributed by atoms with Gasteiger partial charge in [-0.1, -0.05) is 0 Å². The first-order valence-electron chi connectivity index (χ1n) is 1.61. The van der Waals surface area contributed by atoms with Crippen LogP contribution in [0.15, 0.2) is 0 Å². The van der Waals surface area contributed by atoms with Crippen molar-refractivity contribution < 1.29 is 5.11 Å². The second kappa shape index (κ2) is 6.50. The van der Waals surface area contributed by atoms with E-state index in [9.17, 15) is 0 Å². The van der Waals surface area contributed by atoms with E-state index in [0.717, 1.165) is 0 Å². The summed E-state index contributed by atoms with van der Waals surface area (Å²) in [7, 11) is 0. The third-order valence-electron chi connectivity index (χ3n) is 0.356. The van der Waals surface area contributed by atoms with Crippen LogP contribution in [0.4, 0.5) is 0 Å². The van der Waals surface area contributed by atoms with Gasteiger partial charge in [0.25, 0.3) is 0 Å². The fraction of sp³-hybridized carbons (Fsp3) is 1.00. The molecule has 4 N–H and O–H groups in total. The molecule has 0 aromatic heterocycles. The van der Waals surface area contributed by atoms with Crippen LogP contribution in [0.1, 0.15) is 0 Å². The van der Waals surface area contributed by atoms with Crippen LogP contribution in [-0.4, -0.2) is 23.0 Å². The molecule has 0 unspecified atom stereocenters. The average Bonchev–Trinajstić information content (AvgIpc) is 1.65. The van der Waals surface area contributed by atoms with E-state index in [4.69, 9.17) is 28.3 Å². The Morgan fingerprint density at radius 3 is 1.57 bits per heavy atom. The number of hydrogen-bond donors (Lipinski definition) is 2. The summed E-state index contributed by atoms with van der Waals surface area (Å²) in [5.74, 6) is 0.451. The minimum atomic E-state index is -0.534. The fourth-order valence-corrected chi connectivity index (χ4v) is 0.371. The highest BCUT2D eigenvalue weighted by atomic mass is 35.5. The van der Waals surface area contributed by atoms with Crippen molar-refractivity contribution in [2.75, 3.05) is 11.8 Å². The van der Waals surface area contributed by atoms with E-state index in [2.05, 4.69) is 0 Å². The summed E-state index contributed by atoms with van der Waals surface area (Å²) in [4.78, 5) is 0. The average molecular weight is 146 g/mol. The molecular formula is C3H9Cl2NO. The predicted octanol–water partition coefficient (Wildman–Crippen LogP) is 0.987. The molecule has 0 aliphatic rings. The number of alkyl halides is 2. The molecule has 46 valence electrons. The van der Waals surface area contributed by atoms with Gasteiger partial charge in [0.2, 0.25) is 0 Å². The SMILES string of the molecule is N.OC(CCl)CCl. The Kier molecular flexibility index (Phi) is 9.73. The molecular weight excluding hydrogens is 137 g/mol. The second-order valence-corrected chi connectivity index (χ2v) is 1.58. The Morgan fingerprint density at radius 1 is 1.29 bits per heavy atom. The van der Waals surface area contributed by atoms with Crippen molar-refractivity contribution in [1.29, 1.82) is 0 Å². The first kappa shape index (κ1) is 10.5. The molecule has 0 rings (SSSR count). The second-order valence-electron chi connectivity index (χ2n) is 0.962. The van der Waals surface area contributed by atoms with Gasteiger partial charge in [0.15, 0.2) is 0 Å². The Labute approximate surface area is 53.0 Å². The Morgan fingerprint density at radius 2 is 1.57 bits per heavy atom. The molecule has 0 amide bonds. The lowest BCUT2D eigenvalue weighted by Gasteiger charge is -1.94. The van der Waals surface area contributed by atoms with Crippen LogP contribution in [0.25, 0.3) is 0 Å². The van der Waals surface area contributed by atoms with Crippen molar-refractivity contribution in [3.63, 3.8) is 0 Å². The molecule has 0 saturated carbocycles. The van der Waals surface area contributed by atoms with Gasteiger partial charge in [-0.15, -0.1) is 23.2 Å². The first-order chi connectivity index (χ1) is 2.81. The topological polar surface area (TPSA) is 55.2 Å². The summed E-state index contributed by atoms with van der Waals surface area (Å²) in [5, 5.41) is 8.40.